The molecule has 3 rings (SSSR count). The Bertz CT molecular complexity index is 728. The van der Waals surface area contributed by atoms with E-state index in [4.69, 9.17) is 23.2 Å². The lowest BCUT2D eigenvalue weighted by atomic mass is 10.2. The molecular formula is C20H23Cl2N3O. The third kappa shape index (κ3) is 5.37. The summed E-state index contributed by atoms with van der Waals surface area (Å²) in [5, 5.41) is 4.37. The third-order valence-corrected chi connectivity index (χ3v) is 5.14. The van der Waals surface area contributed by atoms with Crippen LogP contribution in [-0.4, -0.2) is 43.5 Å². The second kappa shape index (κ2) is 9.26. The van der Waals surface area contributed by atoms with Crippen molar-refractivity contribution in [2.45, 2.75) is 12.8 Å². The largest absolute Gasteiger partial charge is 0.368 e. The highest BCUT2D eigenvalue weighted by Crippen LogP contribution is 2.26. The number of nitrogens with zero attached hydrogens (tertiary/aromatic N) is 2. The first-order chi connectivity index (χ1) is 12.6. The number of anilines is 2. The molecule has 0 bridgehead atoms. The van der Waals surface area contributed by atoms with E-state index in [9.17, 15) is 4.79 Å². The molecule has 26 heavy (non-hydrogen) atoms. The normalized spacial score (nSPS) is 15.1. The first kappa shape index (κ1) is 19.0. The van der Waals surface area contributed by atoms with Gasteiger partial charge in [-0.1, -0.05) is 35.3 Å². The zero-order valence-corrected chi connectivity index (χ0v) is 16.1. The Morgan fingerprint density at radius 2 is 1.65 bits per heavy atom. The van der Waals surface area contributed by atoms with Gasteiger partial charge in [-0.3, -0.25) is 9.69 Å². The van der Waals surface area contributed by atoms with E-state index in [1.807, 2.05) is 30.3 Å². The molecule has 1 heterocycles. The van der Waals surface area contributed by atoms with Gasteiger partial charge in [0.2, 0.25) is 5.91 Å². The molecule has 2 aromatic rings. The maximum atomic E-state index is 12.0. The van der Waals surface area contributed by atoms with E-state index in [0.29, 0.717) is 11.4 Å². The molecule has 1 saturated heterocycles. The van der Waals surface area contributed by atoms with E-state index in [1.54, 1.807) is 12.1 Å². The van der Waals surface area contributed by atoms with Gasteiger partial charge < -0.3 is 10.2 Å². The molecule has 0 unspecified atom stereocenters. The molecule has 4 nitrogen and oxygen atoms in total. The lowest BCUT2D eigenvalue weighted by Crippen LogP contribution is -2.46. The van der Waals surface area contributed by atoms with E-state index in [1.165, 1.54) is 0 Å². The van der Waals surface area contributed by atoms with E-state index < -0.39 is 0 Å². The van der Waals surface area contributed by atoms with Crippen molar-refractivity contribution in [1.29, 1.82) is 0 Å². The van der Waals surface area contributed by atoms with Crippen LogP contribution in [0.3, 0.4) is 0 Å². The average Bonchev–Trinajstić information content (AvgIpc) is 2.65. The smallest absolute Gasteiger partial charge is 0.224 e. The van der Waals surface area contributed by atoms with Gasteiger partial charge in [0.25, 0.3) is 0 Å². The lowest BCUT2D eigenvalue weighted by Gasteiger charge is -2.36. The molecule has 2 aromatic carbocycles. The van der Waals surface area contributed by atoms with Crippen LogP contribution in [0.2, 0.25) is 10.0 Å². The summed E-state index contributed by atoms with van der Waals surface area (Å²) in [6, 6.07) is 15.2. The Labute approximate surface area is 164 Å². The predicted molar refractivity (Wildman–Crippen MR) is 109 cm³/mol. The summed E-state index contributed by atoms with van der Waals surface area (Å²) in [6.07, 6.45) is 1.37. The van der Waals surface area contributed by atoms with Crippen molar-refractivity contribution < 1.29 is 4.79 Å². The van der Waals surface area contributed by atoms with Gasteiger partial charge in [0.1, 0.15) is 0 Å². The fourth-order valence-electron chi connectivity index (χ4n) is 3.14. The topological polar surface area (TPSA) is 35.6 Å². The van der Waals surface area contributed by atoms with Crippen molar-refractivity contribution in [3.63, 3.8) is 0 Å². The maximum absolute atomic E-state index is 12.0. The molecule has 1 amide bonds. The van der Waals surface area contributed by atoms with Gasteiger partial charge in [0, 0.05) is 43.3 Å². The number of nitrogens with one attached hydrogen (secondary N) is 1. The number of carbonyl (C=O) groups excluding carboxylic acids is 1. The summed E-state index contributed by atoms with van der Waals surface area (Å²) in [6.45, 7) is 4.83. The number of hydrogen-bond acceptors (Lipinski definition) is 3. The molecule has 1 aliphatic rings. The number of halogens is 2. The minimum Gasteiger partial charge on any atom is -0.368 e. The first-order valence-corrected chi connectivity index (χ1v) is 9.65. The van der Waals surface area contributed by atoms with Gasteiger partial charge in [-0.2, -0.15) is 0 Å². The summed E-state index contributed by atoms with van der Waals surface area (Å²) in [5.74, 6) is 0.0435. The average molecular weight is 392 g/mol. The zero-order chi connectivity index (χ0) is 18.4. The van der Waals surface area contributed by atoms with E-state index in [2.05, 4.69) is 21.2 Å². The third-order valence-electron chi connectivity index (χ3n) is 4.57. The number of piperazine rings is 1. The molecule has 1 aliphatic heterocycles. The second-order valence-corrected chi connectivity index (χ2v) is 7.28. The van der Waals surface area contributed by atoms with E-state index in [-0.39, 0.29) is 5.91 Å². The van der Waals surface area contributed by atoms with Gasteiger partial charge in [-0.15, -0.1) is 0 Å². The standard InChI is InChI=1S/C20H23Cl2N3O/c21-16-7-9-17(10-8-16)23-20(26)6-3-11-24-12-14-25(15-13-24)19-5-2-1-4-18(19)22/h1-2,4-5,7-10H,3,6,11-15H2,(H,23,26). The molecule has 0 spiro atoms. The van der Waals surface area contributed by atoms with Crippen molar-refractivity contribution in [3.05, 3.63) is 58.6 Å². The Kier molecular flexibility index (Phi) is 6.78. The Hall–Kier alpha value is -1.75. The van der Waals surface area contributed by atoms with Crippen LogP contribution in [0.15, 0.2) is 48.5 Å². The van der Waals surface area contributed by atoms with Gasteiger partial charge >= 0.3 is 0 Å². The van der Waals surface area contributed by atoms with Crippen LogP contribution >= 0.6 is 23.2 Å². The Balaban J connectivity index is 1.37. The highest BCUT2D eigenvalue weighted by atomic mass is 35.5. The van der Waals surface area contributed by atoms with Crippen LogP contribution in [0.5, 0.6) is 0 Å². The van der Waals surface area contributed by atoms with Crippen molar-refractivity contribution in [2.24, 2.45) is 0 Å². The van der Waals surface area contributed by atoms with Gasteiger partial charge in [-0.05, 0) is 49.4 Å². The van der Waals surface area contributed by atoms with Crippen LogP contribution < -0.4 is 10.2 Å². The number of hydrogen-bond donors (Lipinski definition) is 1. The van der Waals surface area contributed by atoms with Crippen LogP contribution in [0.4, 0.5) is 11.4 Å². The molecule has 1 N–H and O–H groups in total. The van der Waals surface area contributed by atoms with E-state index >= 15 is 0 Å². The van der Waals surface area contributed by atoms with Crippen molar-refractivity contribution in [3.8, 4) is 0 Å². The Morgan fingerprint density at radius 1 is 0.962 bits per heavy atom. The molecule has 1 fully saturated rings. The number of rotatable bonds is 6. The van der Waals surface area contributed by atoms with Crippen LogP contribution in [0, 0.1) is 0 Å². The van der Waals surface area contributed by atoms with Gasteiger partial charge in [0.05, 0.1) is 10.7 Å². The fourth-order valence-corrected chi connectivity index (χ4v) is 3.52. The molecule has 0 aliphatic carbocycles. The summed E-state index contributed by atoms with van der Waals surface area (Å²) in [5.41, 5.74) is 1.89. The quantitative estimate of drug-likeness (QED) is 0.785. The number of benzene rings is 2. The fraction of sp³-hybridized carbons (Fsp3) is 0.350. The summed E-state index contributed by atoms with van der Waals surface area (Å²) >= 11 is 12.1. The van der Waals surface area contributed by atoms with Crippen LogP contribution in [0.1, 0.15) is 12.8 Å². The molecule has 0 radical (unpaired) electrons. The minimum absolute atomic E-state index is 0.0435. The molecule has 0 atom stereocenters. The molecular weight excluding hydrogens is 369 g/mol. The summed E-state index contributed by atoms with van der Waals surface area (Å²) in [4.78, 5) is 16.8. The highest BCUT2D eigenvalue weighted by molar-refractivity contribution is 6.33. The molecule has 6 heteroatoms. The summed E-state index contributed by atoms with van der Waals surface area (Å²) < 4.78 is 0. The minimum atomic E-state index is 0.0435. The highest BCUT2D eigenvalue weighted by Gasteiger charge is 2.18. The SMILES string of the molecule is O=C(CCCN1CCN(c2ccccc2Cl)CC1)Nc1ccc(Cl)cc1. The molecule has 0 aromatic heterocycles. The zero-order valence-electron chi connectivity index (χ0n) is 14.6. The predicted octanol–water partition coefficient (Wildman–Crippen LogP) is 4.53. The van der Waals surface area contributed by atoms with E-state index in [0.717, 1.165) is 55.5 Å². The van der Waals surface area contributed by atoms with Crippen molar-refractivity contribution in [1.82, 2.24) is 4.90 Å². The number of amides is 1. The van der Waals surface area contributed by atoms with Gasteiger partial charge in [-0.25, -0.2) is 0 Å². The van der Waals surface area contributed by atoms with Crippen LogP contribution in [-0.2, 0) is 4.79 Å². The summed E-state index contributed by atoms with van der Waals surface area (Å²) in [7, 11) is 0. The van der Waals surface area contributed by atoms with Crippen molar-refractivity contribution in [2.75, 3.05) is 42.9 Å². The first-order valence-electron chi connectivity index (χ1n) is 8.89. The van der Waals surface area contributed by atoms with Crippen molar-refractivity contribution >= 4 is 40.5 Å². The van der Waals surface area contributed by atoms with Crippen LogP contribution in [0.25, 0.3) is 0 Å². The molecule has 0 saturated carbocycles. The molecule has 138 valence electrons. The lowest BCUT2D eigenvalue weighted by molar-refractivity contribution is -0.116. The second-order valence-electron chi connectivity index (χ2n) is 6.44. The monoisotopic (exact) mass is 391 g/mol. The number of carbonyl (C=O) groups is 1. The van der Waals surface area contributed by atoms with Gasteiger partial charge in [0.15, 0.2) is 0 Å². The maximum Gasteiger partial charge on any atom is 0.224 e. The Morgan fingerprint density at radius 3 is 2.35 bits per heavy atom. The number of para-hydroxylation sites is 1.